The van der Waals surface area contributed by atoms with E-state index >= 15 is 0 Å². The summed E-state index contributed by atoms with van der Waals surface area (Å²) in [5, 5.41) is 7.15. The molecule has 8 nitrogen and oxygen atoms in total. The topological polar surface area (TPSA) is 102 Å². The standard InChI is InChI=1S/C21H24N4O4S/c1-29-13-12-24-30(27,28)20-9-5-6-18(14-20)21(26)22-11-10-17-15-23-25(16-17)19-7-3-2-4-8-19/h2-9,14-16,24H,10-13H2,1H3,(H,22,26). The fourth-order valence-electron chi connectivity index (χ4n) is 2.80. The number of carbonyl (C=O) groups excluding carboxylic acids is 1. The molecule has 9 heteroatoms. The fourth-order valence-corrected chi connectivity index (χ4v) is 3.86. The highest BCUT2D eigenvalue weighted by Crippen LogP contribution is 2.12. The molecule has 0 aliphatic carbocycles. The number of methoxy groups -OCH3 is 1. The fraction of sp³-hybridized carbons (Fsp3) is 0.238. The number of sulfonamides is 1. The molecule has 0 saturated heterocycles. The Kier molecular flexibility index (Phi) is 7.34. The molecular weight excluding hydrogens is 404 g/mol. The van der Waals surface area contributed by atoms with Gasteiger partial charge in [-0.25, -0.2) is 17.8 Å². The number of carbonyl (C=O) groups is 1. The van der Waals surface area contributed by atoms with Gasteiger partial charge in [-0.3, -0.25) is 4.79 Å². The summed E-state index contributed by atoms with van der Waals surface area (Å²) in [6.07, 6.45) is 4.29. The van der Waals surface area contributed by atoms with Crippen LogP contribution in [0.25, 0.3) is 5.69 Å². The predicted molar refractivity (Wildman–Crippen MR) is 113 cm³/mol. The number of amides is 1. The largest absolute Gasteiger partial charge is 0.383 e. The van der Waals surface area contributed by atoms with Crippen molar-refractivity contribution in [1.29, 1.82) is 0 Å². The second kappa shape index (κ2) is 10.1. The van der Waals surface area contributed by atoms with Crippen molar-refractivity contribution in [2.24, 2.45) is 0 Å². The van der Waals surface area contributed by atoms with Crippen LogP contribution in [-0.2, 0) is 21.2 Å². The van der Waals surface area contributed by atoms with Gasteiger partial charge >= 0.3 is 0 Å². The van der Waals surface area contributed by atoms with E-state index in [9.17, 15) is 13.2 Å². The number of para-hydroxylation sites is 1. The Morgan fingerprint density at radius 1 is 1.10 bits per heavy atom. The van der Waals surface area contributed by atoms with E-state index in [-0.39, 0.29) is 29.5 Å². The zero-order chi connectivity index (χ0) is 21.4. The number of nitrogens with zero attached hydrogens (tertiary/aromatic N) is 2. The number of aromatic nitrogens is 2. The molecule has 2 N–H and O–H groups in total. The second-order valence-electron chi connectivity index (χ2n) is 6.55. The lowest BCUT2D eigenvalue weighted by Gasteiger charge is -2.08. The molecule has 0 aliphatic rings. The van der Waals surface area contributed by atoms with Gasteiger partial charge in [0.2, 0.25) is 10.0 Å². The molecule has 1 aromatic heterocycles. The molecule has 158 valence electrons. The van der Waals surface area contributed by atoms with Gasteiger partial charge in [-0.15, -0.1) is 0 Å². The van der Waals surface area contributed by atoms with Crippen molar-refractivity contribution in [2.45, 2.75) is 11.3 Å². The monoisotopic (exact) mass is 428 g/mol. The number of rotatable bonds is 10. The van der Waals surface area contributed by atoms with Gasteiger partial charge in [-0.1, -0.05) is 24.3 Å². The van der Waals surface area contributed by atoms with E-state index in [1.807, 2.05) is 36.5 Å². The van der Waals surface area contributed by atoms with Gasteiger partial charge in [0.1, 0.15) is 0 Å². The summed E-state index contributed by atoms with van der Waals surface area (Å²) in [6.45, 7) is 0.828. The van der Waals surface area contributed by atoms with Crippen LogP contribution in [0.1, 0.15) is 15.9 Å². The van der Waals surface area contributed by atoms with E-state index < -0.39 is 10.0 Å². The first-order valence-corrected chi connectivity index (χ1v) is 10.9. The van der Waals surface area contributed by atoms with Crippen LogP contribution < -0.4 is 10.0 Å². The van der Waals surface area contributed by atoms with Gasteiger partial charge in [-0.2, -0.15) is 5.10 Å². The third-order valence-electron chi connectivity index (χ3n) is 4.36. The van der Waals surface area contributed by atoms with Gasteiger partial charge in [0.05, 0.1) is 23.4 Å². The highest BCUT2D eigenvalue weighted by atomic mass is 32.2. The average molecular weight is 429 g/mol. The minimum absolute atomic E-state index is 0.0374. The Morgan fingerprint density at radius 3 is 2.67 bits per heavy atom. The molecule has 0 unspecified atom stereocenters. The lowest BCUT2D eigenvalue weighted by Crippen LogP contribution is -2.28. The molecule has 2 aromatic carbocycles. The van der Waals surface area contributed by atoms with Crippen LogP contribution in [0.4, 0.5) is 0 Å². The molecule has 1 heterocycles. The van der Waals surface area contributed by atoms with Crippen molar-refractivity contribution in [1.82, 2.24) is 19.8 Å². The lowest BCUT2D eigenvalue weighted by molar-refractivity contribution is 0.0954. The van der Waals surface area contributed by atoms with Crippen LogP contribution in [0.2, 0.25) is 0 Å². The van der Waals surface area contributed by atoms with Crippen LogP contribution in [-0.4, -0.2) is 50.9 Å². The Hall–Kier alpha value is -3.01. The maximum Gasteiger partial charge on any atom is 0.251 e. The van der Waals surface area contributed by atoms with Crippen molar-refractivity contribution >= 4 is 15.9 Å². The van der Waals surface area contributed by atoms with E-state index in [2.05, 4.69) is 15.1 Å². The van der Waals surface area contributed by atoms with Crippen molar-refractivity contribution < 1.29 is 17.9 Å². The van der Waals surface area contributed by atoms with Gasteiger partial charge in [0.25, 0.3) is 5.91 Å². The van der Waals surface area contributed by atoms with Crippen molar-refractivity contribution in [2.75, 3.05) is 26.8 Å². The number of benzene rings is 2. The molecule has 0 bridgehead atoms. The highest BCUT2D eigenvalue weighted by molar-refractivity contribution is 7.89. The second-order valence-corrected chi connectivity index (χ2v) is 8.32. The number of hydrogen-bond donors (Lipinski definition) is 2. The summed E-state index contributed by atoms with van der Waals surface area (Å²) in [4.78, 5) is 12.5. The van der Waals surface area contributed by atoms with Gasteiger partial charge in [0.15, 0.2) is 0 Å². The van der Waals surface area contributed by atoms with Crippen molar-refractivity contribution in [3.8, 4) is 5.69 Å². The molecule has 0 saturated carbocycles. The summed E-state index contributed by atoms with van der Waals surface area (Å²) in [6, 6.07) is 15.7. The molecule has 0 aliphatic heterocycles. The summed E-state index contributed by atoms with van der Waals surface area (Å²) < 4.78 is 33.6. The molecule has 0 atom stereocenters. The molecule has 3 aromatic rings. The van der Waals surface area contributed by atoms with Crippen LogP contribution in [0.5, 0.6) is 0 Å². The third-order valence-corrected chi connectivity index (χ3v) is 5.82. The quantitative estimate of drug-likeness (QED) is 0.479. The first kappa shape index (κ1) is 21.7. The Labute approximate surface area is 175 Å². The minimum Gasteiger partial charge on any atom is -0.383 e. The van der Waals surface area contributed by atoms with Gasteiger partial charge in [-0.05, 0) is 42.3 Å². The van der Waals surface area contributed by atoms with E-state index in [4.69, 9.17) is 4.74 Å². The zero-order valence-electron chi connectivity index (χ0n) is 16.6. The number of hydrogen-bond acceptors (Lipinski definition) is 5. The molecule has 30 heavy (non-hydrogen) atoms. The Morgan fingerprint density at radius 2 is 1.90 bits per heavy atom. The van der Waals surface area contributed by atoms with Gasteiger partial charge < -0.3 is 10.1 Å². The van der Waals surface area contributed by atoms with Crippen molar-refractivity contribution in [3.05, 3.63) is 78.1 Å². The van der Waals surface area contributed by atoms with Crippen LogP contribution in [0.3, 0.4) is 0 Å². The van der Waals surface area contributed by atoms with Crippen LogP contribution in [0, 0.1) is 0 Å². The maximum atomic E-state index is 12.4. The molecular formula is C21H24N4O4S. The maximum absolute atomic E-state index is 12.4. The van der Waals surface area contributed by atoms with E-state index in [1.54, 1.807) is 23.0 Å². The number of ether oxygens (including phenoxy) is 1. The van der Waals surface area contributed by atoms with Crippen molar-refractivity contribution in [3.63, 3.8) is 0 Å². The summed E-state index contributed by atoms with van der Waals surface area (Å²) in [5.74, 6) is -0.334. The Bertz CT molecular complexity index is 1080. The molecule has 0 radical (unpaired) electrons. The number of nitrogens with one attached hydrogen (secondary N) is 2. The van der Waals surface area contributed by atoms with E-state index in [0.29, 0.717) is 13.0 Å². The lowest BCUT2D eigenvalue weighted by atomic mass is 10.2. The zero-order valence-corrected chi connectivity index (χ0v) is 17.4. The minimum atomic E-state index is -3.70. The van der Waals surface area contributed by atoms with E-state index in [1.165, 1.54) is 19.2 Å². The predicted octanol–water partition coefficient (Wildman–Crippen LogP) is 1.77. The van der Waals surface area contributed by atoms with E-state index in [0.717, 1.165) is 11.3 Å². The summed E-state index contributed by atoms with van der Waals surface area (Å²) >= 11 is 0. The highest BCUT2D eigenvalue weighted by Gasteiger charge is 2.15. The average Bonchev–Trinajstić information content (AvgIpc) is 3.23. The Balaban J connectivity index is 1.56. The SMILES string of the molecule is COCCNS(=O)(=O)c1cccc(C(=O)NCCc2cnn(-c3ccccc3)c2)c1. The molecule has 0 spiro atoms. The first-order valence-electron chi connectivity index (χ1n) is 9.45. The molecule has 3 rings (SSSR count). The van der Waals surface area contributed by atoms with Crippen LogP contribution in [0.15, 0.2) is 71.9 Å². The first-order chi connectivity index (χ1) is 14.5. The summed E-state index contributed by atoms with van der Waals surface area (Å²) in [5.41, 5.74) is 2.23. The molecule has 1 amide bonds. The third kappa shape index (κ3) is 5.76. The molecule has 0 fully saturated rings. The van der Waals surface area contributed by atoms with Crippen LogP contribution >= 0.6 is 0 Å². The van der Waals surface area contributed by atoms with Gasteiger partial charge in [0, 0.05) is 32.0 Å². The normalized spacial score (nSPS) is 11.4. The summed E-state index contributed by atoms with van der Waals surface area (Å²) in [7, 11) is -2.20. The smallest absolute Gasteiger partial charge is 0.251 e.